The predicted molar refractivity (Wildman–Crippen MR) is 72.7 cm³/mol. The molecule has 3 nitrogen and oxygen atoms in total. The van der Waals surface area contributed by atoms with E-state index in [0.29, 0.717) is 12.1 Å². The Morgan fingerprint density at radius 1 is 1.37 bits per heavy atom. The lowest BCUT2D eigenvalue weighted by molar-refractivity contribution is 0.117. The van der Waals surface area contributed by atoms with Gasteiger partial charge in [0.15, 0.2) is 11.6 Å². The van der Waals surface area contributed by atoms with E-state index in [1.54, 1.807) is 12.1 Å². The van der Waals surface area contributed by atoms with Gasteiger partial charge in [-0.15, -0.1) is 0 Å². The first-order valence-corrected chi connectivity index (χ1v) is 6.92. The van der Waals surface area contributed by atoms with Gasteiger partial charge in [-0.3, -0.25) is 4.90 Å². The highest BCUT2D eigenvalue weighted by Gasteiger charge is 2.21. The van der Waals surface area contributed by atoms with E-state index in [1.807, 2.05) is 6.07 Å². The standard InChI is InChI=1S/C15H22FNO2/c1-19-14-8-5-6-12(15(14)16)10-17-9-4-2-3-7-13(17)11-18/h5-6,8,13,18H,2-4,7,9-11H2,1H3. The van der Waals surface area contributed by atoms with Crippen molar-refractivity contribution in [1.82, 2.24) is 4.90 Å². The summed E-state index contributed by atoms with van der Waals surface area (Å²) in [5.74, 6) is -0.00110. The number of benzene rings is 1. The predicted octanol–water partition coefficient (Wildman–Crippen LogP) is 2.57. The minimum Gasteiger partial charge on any atom is -0.494 e. The number of methoxy groups -OCH3 is 1. The average Bonchev–Trinajstić information content (AvgIpc) is 2.66. The molecule has 0 aliphatic carbocycles. The van der Waals surface area contributed by atoms with Crippen LogP contribution in [0.2, 0.25) is 0 Å². The maximum Gasteiger partial charge on any atom is 0.169 e. The molecule has 1 atom stereocenters. The fourth-order valence-electron chi connectivity index (χ4n) is 2.71. The van der Waals surface area contributed by atoms with Crippen molar-refractivity contribution >= 4 is 0 Å². The van der Waals surface area contributed by atoms with Crippen LogP contribution in [0.3, 0.4) is 0 Å². The van der Waals surface area contributed by atoms with Gasteiger partial charge in [0.05, 0.1) is 13.7 Å². The summed E-state index contributed by atoms with van der Waals surface area (Å²) < 4.78 is 19.2. The highest BCUT2D eigenvalue weighted by molar-refractivity contribution is 5.31. The van der Waals surface area contributed by atoms with Crippen molar-refractivity contribution in [3.8, 4) is 5.75 Å². The van der Waals surface area contributed by atoms with Crippen LogP contribution < -0.4 is 4.74 Å². The lowest BCUT2D eigenvalue weighted by atomic mass is 10.1. The topological polar surface area (TPSA) is 32.7 Å². The lowest BCUT2D eigenvalue weighted by Crippen LogP contribution is -2.37. The quantitative estimate of drug-likeness (QED) is 0.910. The van der Waals surface area contributed by atoms with Crippen molar-refractivity contribution in [2.24, 2.45) is 0 Å². The number of nitrogens with zero attached hydrogens (tertiary/aromatic N) is 1. The molecule has 1 aliphatic heterocycles. The van der Waals surface area contributed by atoms with E-state index >= 15 is 0 Å². The van der Waals surface area contributed by atoms with E-state index < -0.39 is 0 Å². The molecule has 1 aromatic carbocycles. The van der Waals surface area contributed by atoms with Crippen molar-refractivity contribution in [1.29, 1.82) is 0 Å². The number of hydrogen-bond acceptors (Lipinski definition) is 3. The summed E-state index contributed by atoms with van der Waals surface area (Å²) in [4.78, 5) is 2.19. The van der Waals surface area contributed by atoms with Crippen LogP contribution in [0, 0.1) is 5.82 Å². The van der Waals surface area contributed by atoms with Crippen LogP contribution in [-0.4, -0.2) is 36.3 Å². The summed E-state index contributed by atoms with van der Waals surface area (Å²) in [5.41, 5.74) is 0.639. The summed E-state index contributed by atoms with van der Waals surface area (Å²) in [7, 11) is 1.48. The molecule has 0 bridgehead atoms. The van der Waals surface area contributed by atoms with Gasteiger partial charge in [0.2, 0.25) is 0 Å². The Morgan fingerprint density at radius 3 is 2.95 bits per heavy atom. The van der Waals surface area contributed by atoms with Crippen LogP contribution in [0.15, 0.2) is 18.2 Å². The van der Waals surface area contributed by atoms with Gasteiger partial charge in [0.25, 0.3) is 0 Å². The number of rotatable bonds is 4. The molecule has 1 N–H and O–H groups in total. The Labute approximate surface area is 114 Å². The molecule has 4 heteroatoms. The molecule has 0 aromatic heterocycles. The Hall–Kier alpha value is -1.13. The van der Waals surface area contributed by atoms with Crippen LogP contribution >= 0.6 is 0 Å². The molecule has 1 saturated heterocycles. The zero-order valence-corrected chi connectivity index (χ0v) is 11.4. The molecule has 106 valence electrons. The summed E-state index contributed by atoms with van der Waals surface area (Å²) in [5, 5.41) is 9.47. The Kier molecular flexibility index (Phi) is 5.16. The number of aliphatic hydroxyl groups excluding tert-OH is 1. The third-order valence-electron chi connectivity index (χ3n) is 3.85. The maximum absolute atomic E-state index is 14.1. The molecule has 0 amide bonds. The first-order valence-electron chi connectivity index (χ1n) is 6.92. The van der Waals surface area contributed by atoms with Crippen LogP contribution in [0.25, 0.3) is 0 Å². The fraction of sp³-hybridized carbons (Fsp3) is 0.600. The van der Waals surface area contributed by atoms with Gasteiger partial charge in [0, 0.05) is 18.2 Å². The van der Waals surface area contributed by atoms with Gasteiger partial charge in [0.1, 0.15) is 0 Å². The number of halogens is 1. The second-order valence-corrected chi connectivity index (χ2v) is 5.09. The molecule has 0 radical (unpaired) electrons. The molecule has 0 saturated carbocycles. The molecule has 1 aromatic rings. The minimum atomic E-state index is -0.286. The van der Waals surface area contributed by atoms with E-state index in [4.69, 9.17) is 4.74 Å². The highest BCUT2D eigenvalue weighted by Crippen LogP contribution is 2.24. The number of aliphatic hydroxyl groups is 1. The van der Waals surface area contributed by atoms with Crippen molar-refractivity contribution in [3.63, 3.8) is 0 Å². The van der Waals surface area contributed by atoms with Crippen molar-refractivity contribution in [2.75, 3.05) is 20.3 Å². The molecular formula is C15H22FNO2. The van der Waals surface area contributed by atoms with Crippen LogP contribution in [0.1, 0.15) is 31.2 Å². The summed E-state index contributed by atoms with van der Waals surface area (Å²) >= 11 is 0. The van der Waals surface area contributed by atoms with Gasteiger partial charge >= 0.3 is 0 Å². The normalized spacial score (nSPS) is 21.1. The van der Waals surface area contributed by atoms with Crippen LogP contribution in [0.4, 0.5) is 4.39 Å². The van der Waals surface area contributed by atoms with E-state index in [-0.39, 0.29) is 24.2 Å². The third kappa shape index (κ3) is 3.45. The van der Waals surface area contributed by atoms with Gasteiger partial charge < -0.3 is 9.84 Å². The highest BCUT2D eigenvalue weighted by atomic mass is 19.1. The Morgan fingerprint density at radius 2 is 2.21 bits per heavy atom. The second kappa shape index (κ2) is 6.87. The van der Waals surface area contributed by atoms with Gasteiger partial charge in [-0.25, -0.2) is 4.39 Å². The summed E-state index contributed by atoms with van der Waals surface area (Å²) in [6.45, 7) is 1.60. The van der Waals surface area contributed by atoms with Crippen LogP contribution in [0.5, 0.6) is 5.75 Å². The number of ether oxygens (including phenoxy) is 1. The fourth-order valence-corrected chi connectivity index (χ4v) is 2.71. The number of likely N-dealkylation sites (tertiary alicyclic amines) is 1. The Bertz CT molecular complexity index is 411. The maximum atomic E-state index is 14.1. The largest absolute Gasteiger partial charge is 0.494 e. The monoisotopic (exact) mass is 267 g/mol. The van der Waals surface area contributed by atoms with E-state index in [2.05, 4.69) is 4.90 Å². The third-order valence-corrected chi connectivity index (χ3v) is 3.85. The van der Waals surface area contributed by atoms with E-state index in [0.717, 1.165) is 25.8 Å². The SMILES string of the molecule is COc1cccc(CN2CCCCCC2CO)c1F. The lowest BCUT2D eigenvalue weighted by Gasteiger charge is -2.28. The smallest absolute Gasteiger partial charge is 0.169 e. The Balaban J connectivity index is 2.14. The zero-order chi connectivity index (χ0) is 13.7. The van der Waals surface area contributed by atoms with Gasteiger partial charge in [-0.05, 0) is 25.5 Å². The van der Waals surface area contributed by atoms with E-state index in [9.17, 15) is 9.50 Å². The molecule has 1 aliphatic rings. The van der Waals surface area contributed by atoms with Gasteiger partial charge in [-0.1, -0.05) is 25.0 Å². The van der Waals surface area contributed by atoms with Gasteiger partial charge in [-0.2, -0.15) is 0 Å². The number of hydrogen-bond donors (Lipinski definition) is 1. The zero-order valence-electron chi connectivity index (χ0n) is 11.4. The average molecular weight is 267 g/mol. The van der Waals surface area contributed by atoms with Crippen molar-refractivity contribution in [2.45, 2.75) is 38.3 Å². The second-order valence-electron chi connectivity index (χ2n) is 5.09. The molecule has 1 heterocycles. The molecule has 1 fully saturated rings. The first kappa shape index (κ1) is 14.3. The first-order chi connectivity index (χ1) is 9.26. The molecule has 1 unspecified atom stereocenters. The van der Waals surface area contributed by atoms with Crippen LogP contribution in [-0.2, 0) is 6.54 Å². The molecule has 0 spiro atoms. The summed E-state index contributed by atoms with van der Waals surface area (Å²) in [6, 6.07) is 5.37. The van der Waals surface area contributed by atoms with Crippen molar-refractivity contribution in [3.05, 3.63) is 29.6 Å². The minimum absolute atomic E-state index is 0.144. The van der Waals surface area contributed by atoms with E-state index in [1.165, 1.54) is 13.5 Å². The summed E-state index contributed by atoms with van der Waals surface area (Å²) in [6.07, 6.45) is 4.43. The molecular weight excluding hydrogens is 245 g/mol. The molecule has 19 heavy (non-hydrogen) atoms. The van der Waals surface area contributed by atoms with Crippen molar-refractivity contribution < 1.29 is 14.2 Å². The molecule has 2 rings (SSSR count).